The van der Waals surface area contributed by atoms with E-state index >= 15 is 0 Å². The second-order valence-corrected chi connectivity index (χ2v) is 20.0. The molecule has 13 nitrogen and oxygen atoms in total. The zero-order chi connectivity index (χ0) is 38.3. The third-order valence-corrected chi connectivity index (χ3v) is 15.6. The standard InChI is InChI=1S/C16H25N3O5S2.C15H21ClO5S2/c1-5-10-8-14(26(23,24)11(6-2)7-3)13(25(4,21)22)9-12(10)15(20)19-16(17)18;1-5-10-8-14(23(20,21)11(6-2)7-3)13(22(4,18)19)9-12(10)15(16)17/h8-9,11H,5-7H2,1-4H3,(H4,17,18,19,20);8-9,11H,5-7H2,1-4H3. The van der Waals surface area contributed by atoms with E-state index in [4.69, 9.17) is 23.1 Å². The molecule has 2 aromatic carbocycles. The molecule has 0 aliphatic rings. The predicted molar refractivity (Wildman–Crippen MR) is 191 cm³/mol. The van der Waals surface area contributed by atoms with E-state index in [1.807, 2.05) is 0 Å². The molecule has 2 aromatic rings. The zero-order valence-corrected chi connectivity index (χ0v) is 32.9. The third-order valence-electron chi connectivity index (χ3n) is 7.88. The summed E-state index contributed by atoms with van der Waals surface area (Å²) in [6.07, 6.45) is 3.92. The Morgan fingerprint density at radius 2 is 0.939 bits per heavy atom. The molecule has 0 saturated carbocycles. The van der Waals surface area contributed by atoms with Gasteiger partial charge in [0.2, 0.25) is 0 Å². The summed E-state index contributed by atoms with van der Waals surface area (Å²) in [5.41, 5.74) is 11.2. The number of halogens is 1. The van der Waals surface area contributed by atoms with Gasteiger partial charge in [-0.25, -0.2) is 33.7 Å². The van der Waals surface area contributed by atoms with Crippen molar-refractivity contribution in [2.45, 2.75) is 110 Å². The molecule has 0 heterocycles. The number of amides is 1. The van der Waals surface area contributed by atoms with Crippen molar-refractivity contribution in [3.8, 4) is 0 Å². The minimum absolute atomic E-state index is 0.0260. The number of benzene rings is 2. The summed E-state index contributed by atoms with van der Waals surface area (Å²) < 4.78 is 100. The van der Waals surface area contributed by atoms with Crippen LogP contribution in [0.5, 0.6) is 0 Å². The number of hydrogen-bond acceptors (Lipinski definition) is 10. The lowest BCUT2D eigenvalue weighted by atomic mass is 10.0. The van der Waals surface area contributed by atoms with Crippen molar-refractivity contribution in [2.24, 2.45) is 16.5 Å². The van der Waals surface area contributed by atoms with Gasteiger partial charge in [0.15, 0.2) is 45.3 Å². The highest BCUT2D eigenvalue weighted by Gasteiger charge is 2.33. The Labute approximate surface area is 295 Å². The van der Waals surface area contributed by atoms with Gasteiger partial charge in [0, 0.05) is 23.6 Å². The van der Waals surface area contributed by atoms with Crippen molar-refractivity contribution in [3.63, 3.8) is 0 Å². The highest BCUT2D eigenvalue weighted by molar-refractivity contribution is 7.95. The number of nitrogens with zero attached hydrogens (tertiary/aromatic N) is 1. The molecule has 4 N–H and O–H groups in total. The second kappa shape index (κ2) is 17.4. The average molecular weight is 784 g/mol. The van der Waals surface area contributed by atoms with E-state index < -0.39 is 71.9 Å². The summed E-state index contributed by atoms with van der Waals surface area (Å²) in [7, 11) is -15.5. The van der Waals surface area contributed by atoms with Crippen LogP contribution in [0.3, 0.4) is 0 Å². The minimum Gasteiger partial charge on any atom is -0.370 e. The summed E-state index contributed by atoms with van der Waals surface area (Å²) >= 11 is 5.51. The first-order valence-corrected chi connectivity index (χ1v) is 22.7. The largest absolute Gasteiger partial charge is 0.370 e. The maximum Gasteiger partial charge on any atom is 0.280 e. The van der Waals surface area contributed by atoms with Crippen LogP contribution in [0, 0.1) is 0 Å². The number of nitrogens with two attached hydrogens (primary N) is 2. The molecule has 0 fully saturated rings. The van der Waals surface area contributed by atoms with Crippen LogP contribution >= 0.6 is 11.6 Å². The first-order valence-electron chi connectivity index (χ1n) is 15.5. The van der Waals surface area contributed by atoms with Gasteiger partial charge in [-0.3, -0.25) is 9.59 Å². The Bertz CT molecular complexity index is 2030. The lowest BCUT2D eigenvalue weighted by molar-refractivity contribution is 0.100. The highest BCUT2D eigenvalue weighted by atomic mass is 35.5. The molecule has 0 aromatic heterocycles. The summed E-state index contributed by atoms with van der Waals surface area (Å²) in [5.74, 6) is -1.29. The van der Waals surface area contributed by atoms with E-state index in [2.05, 4.69) is 4.99 Å². The smallest absolute Gasteiger partial charge is 0.280 e. The van der Waals surface area contributed by atoms with Gasteiger partial charge in [0.1, 0.15) is 0 Å². The first kappa shape index (κ1) is 44.2. The number of aryl methyl sites for hydroxylation is 2. The third kappa shape index (κ3) is 10.6. The van der Waals surface area contributed by atoms with Gasteiger partial charge in [0.25, 0.3) is 11.1 Å². The van der Waals surface area contributed by atoms with Crippen LogP contribution in [0.2, 0.25) is 0 Å². The molecular formula is C31H46ClN3O10S4. The Balaban J connectivity index is 0.000000494. The molecule has 0 atom stereocenters. The number of guanidine groups is 1. The SMILES string of the molecule is CCc1cc(S(=O)(=O)C(CC)CC)c(S(C)(=O)=O)cc1C(=O)Cl.CCc1cc(S(=O)(=O)C(CC)CC)c(S(C)(=O)=O)cc1C(=O)N=C(N)N. The van der Waals surface area contributed by atoms with Crippen molar-refractivity contribution in [2.75, 3.05) is 12.5 Å². The number of hydrogen-bond donors (Lipinski definition) is 2. The van der Waals surface area contributed by atoms with Gasteiger partial charge < -0.3 is 11.5 Å². The van der Waals surface area contributed by atoms with E-state index in [1.165, 1.54) is 12.1 Å². The van der Waals surface area contributed by atoms with Gasteiger partial charge in [-0.15, -0.1) is 0 Å². The van der Waals surface area contributed by atoms with Gasteiger partial charge >= 0.3 is 0 Å². The van der Waals surface area contributed by atoms with E-state index in [1.54, 1.807) is 41.5 Å². The first-order chi connectivity index (χ1) is 22.4. The van der Waals surface area contributed by atoms with Gasteiger partial charge in [-0.2, -0.15) is 4.99 Å². The summed E-state index contributed by atoms with van der Waals surface area (Å²) in [6, 6.07) is 4.66. The van der Waals surface area contributed by atoms with Crippen molar-refractivity contribution < 1.29 is 43.3 Å². The molecular weight excluding hydrogens is 738 g/mol. The zero-order valence-electron chi connectivity index (χ0n) is 28.9. The molecule has 2 rings (SSSR count). The molecule has 0 saturated heterocycles. The van der Waals surface area contributed by atoms with E-state index in [9.17, 15) is 43.3 Å². The average Bonchev–Trinajstić information content (AvgIpc) is 2.99. The maximum absolute atomic E-state index is 13.0. The minimum atomic E-state index is -3.92. The highest BCUT2D eigenvalue weighted by Crippen LogP contribution is 2.32. The van der Waals surface area contributed by atoms with Crippen LogP contribution < -0.4 is 11.5 Å². The summed E-state index contributed by atoms with van der Waals surface area (Å²) in [6.45, 7) is 10.4. The molecule has 49 heavy (non-hydrogen) atoms. The molecule has 0 spiro atoms. The fraction of sp³-hybridized carbons (Fsp3) is 0.516. The van der Waals surface area contributed by atoms with Crippen LogP contribution in [0.25, 0.3) is 0 Å². The Morgan fingerprint density at radius 1 is 0.612 bits per heavy atom. The van der Waals surface area contributed by atoms with Crippen LogP contribution in [-0.4, -0.2) is 73.8 Å². The van der Waals surface area contributed by atoms with Crippen LogP contribution in [0.1, 0.15) is 99.1 Å². The van der Waals surface area contributed by atoms with Crippen LogP contribution in [0.15, 0.2) is 48.8 Å². The number of aliphatic imine (C=N–C) groups is 1. The number of carbonyl (C=O) groups excluding carboxylic acids is 2. The van der Waals surface area contributed by atoms with E-state index in [0.29, 0.717) is 49.7 Å². The maximum atomic E-state index is 13.0. The quantitative estimate of drug-likeness (QED) is 0.157. The normalized spacial score (nSPS) is 12.4. The van der Waals surface area contributed by atoms with Gasteiger partial charge in [0.05, 0.1) is 30.1 Å². The van der Waals surface area contributed by atoms with E-state index in [0.717, 1.165) is 24.6 Å². The Morgan fingerprint density at radius 3 is 1.20 bits per heavy atom. The van der Waals surface area contributed by atoms with Crippen molar-refractivity contribution >= 4 is 68.1 Å². The van der Waals surface area contributed by atoms with Crippen molar-refractivity contribution in [1.82, 2.24) is 0 Å². The Kier molecular flexibility index (Phi) is 15.7. The lowest BCUT2D eigenvalue weighted by Gasteiger charge is -2.18. The monoisotopic (exact) mass is 783 g/mol. The van der Waals surface area contributed by atoms with Crippen LogP contribution in [-0.2, 0) is 52.2 Å². The molecule has 1 amide bonds. The Hall–Kier alpha value is -2.86. The number of sulfone groups is 4. The molecule has 18 heteroatoms. The fourth-order valence-electron chi connectivity index (χ4n) is 5.19. The second-order valence-electron chi connectivity index (χ2n) is 11.2. The predicted octanol–water partition coefficient (Wildman–Crippen LogP) is 4.02. The van der Waals surface area contributed by atoms with Gasteiger partial charge in [-0.1, -0.05) is 41.5 Å². The van der Waals surface area contributed by atoms with Crippen molar-refractivity contribution in [1.29, 1.82) is 0 Å². The molecule has 0 aliphatic heterocycles. The topological polar surface area (TPSA) is 235 Å². The fourth-order valence-corrected chi connectivity index (χ4v) is 12.2. The van der Waals surface area contributed by atoms with E-state index in [-0.39, 0.29) is 25.8 Å². The molecule has 0 unspecified atom stereocenters. The van der Waals surface area contributed by atoms with Crippen molar-refractivity contribution in [3.05, 3.63) is 46.5 Å². The lowest BCUT2D eigenvalue weighted by Crippen LogP contribution is -2.25. The molecule has 0 bridgehead atoms. The molecule has 276 valence electrons. The summed E-state index contributed by atoms with van der Waals surface area (Å²) in [4.78, 5) is 25.9. The molecule has 0 radical (unpaired) electrons. The number of carbonyl (C=O) groups is 2. The van der Waals surface area contributed by atoms with Crippen LogP contribution in [0.4, 0.5) is 0 Å². The molecule has 0 aliphatic carbocycles. The van der Waals surface area contributed by atoms with Gasteiger partial charge in [-0.05, 0) is 85.5 Å². The summed E-state index contributed by atoms with van der Waals surface area (Å²) in [5, 5.41) is -2.20. The number of rotatable bonds is 14.